The molecule has 5 heteroatoms. The molecule has 2 aliphatic heterocycles. The second-order valence-electron chi connectivity index (χ2n) is 8.07. The van der Waals surface area contributed by atoms with Gasteiger partial charge >= 0.3 is 0 Å². The lowest BCUT2D eigenvalue weighted by Crippen LogP contribution is -2.23. The van der Waals surface area contributed by atoms with Crippen LogP contribution in [-0.2, 0) is 0 Å². The smallest absolute Gasteiger partial charge is 0.164 e. The average molecular weight is 422 g/mol. The minimum Gasteiger partial charge on any atom is -0.486 e. The lowest BCUT2D eigenvalue weighted by Gasteiger charge is -2.19. The highest BCUT2D eigenvalue weighted by atomic mass is 35.5. The first-order valence-corrected chi connectivity index (χ1v) is 10.9. The number of halogens is 1. The van der Waals surface area contributed by atoms with Crippen LogP contribution in [0.4, 0.5) is 0 Å². The van der Waals surface area contributed by atoms with Crippen molar-refractivity contribution >= 4 is 28.2 Å². The molecule has 3 aromatic carbocycles. The van der Waals surface area contributed by atoms with Crippen molar-refractivity contribution in [1.29, 1.82) is 0 Å². The van der Waals surface area contributed by atoms with Crippen LogP contribution < -0.4 is 9.47 Å². The molecule has 154 valence electrons. The summed E-state index contributed by atoms with van der Waals surface area (Å²) in [4.78, 5) is 15.2. The summed E-state index contributed by atoms with van der Waals surface area (Å²) in [5.41, 5.74) is 2.05. The van der Waals surface area contributed by atoms with Crippen LogP contribution >= 0.6 is 11.6 Å². The molecule has 3 aromatic rings. The average Bonchev–Trinajstić information content (AvgIpc) is 3.25. The molecule has 0 bridgehead atoms. The number of Topliss-reactive ketones (excluding diaryl/α,β-unsaturated/α-hetero) is 1. The normalized spacial score (nSPS) is 18.6. The fraction of sp³-hybridized carbons (Fsp3) is 0.320. The van der Waals surface area contributed by atoms with Crippen molar-refractivity contribution in [1.82, 2.24) is 4.90 Å². The number of rotatable bonds is 5. The number of nitrogens with zero attached hydrogens (tertiary/aromatic N) is 1. The standard InChI is InChI=1S/C25H24ClNO3/c26-22-3-1-2-17(13-22)20-6-8-27(16-20)9-7-23(28)19-5-4-18-14-24-25(15-21(18)12-19)30-11-10-29-24/h1-5,12-15,20H,6-11,16H2. The topological polar surface area (TPSA) is 38.8 Å². The summed E-state index contributed by atoms with van der Waals surface area (Å²) in [6, 6.07) is 18.0. The van der Waals surface area contributed by atoms with Crippen molar-refractivity contribution in [2.24, 2.45) is 0 Å². The minimum absolute atomic E-state index is 0.179. The SMILES string of the molecule is O=C(CCN1CCC(c2cccc(Cl)c2)C1)c1ccc2cc3c(cc2c1)OCCO3. The molecule has 2 heterocycles. The third kappa shape index (κ3) is 4.03. The van der Waals surface area contributed by atoms with Gasteiger partial charge in [0.2, 0.25) is 0 Å². The van der Waals surface area contributed by atoms with E-state index in [1.807, 2.05) is 42.5 Å². The van der Waals surface area contributed by atoms with Gasteiger partial charge in [0.1, 0.15) is 13.2 Å². The van der Waals surface area contributed by atoms with Gasteiger partial charge in [0.15, 0.2) is 17.3 Å². The van der Waals surface area contributed by atoms with Crippen molar-refractivity contribution in [3.05, 3.63) is 70.7 Å². The van der Waals surface area contributed by atoms with E-state index in [1.165, 1.54) is 5.56 Å². The Balaban J connectivity index is 1.23. The predicted molar refractivity (Wildman–Crippen MR) is 119 cm³/mol. The second-order valence-corrected chi connectivity index (χ2v) is 8.51. The Bertz CT molecular complexity index is 1100. The van der Waals surface area contributed by atoms with Gasteiger partial charge in [-0.1, -0.05) is 35.9 Å². The van der Waals surface area contributed by atoms with Crippen molar-refractivity contribution < 1.29 is 14.3 Å². The van der Waals surface area contributed by atoms with Gasteiger partial charge < -0.3 is 14.4 Å². The molecule has 0 amide bonds. The molecule has 0 N–H and O–H groups in total. The van der Waals surface area contributed by atoms with E-state index in [9.17, 15) is 4.79 Å². The van der Waals surface area contributed by atoms with Gasteiger partial charge in [-0.2, -0.15) is 0 Å². The highest BCUT2D eigenvalue weighted by Crippen LogP contribution is 2.35. The quantitative estimate of drug-likeness (QED) is 0.522. The molecule has 0 radical (unpaired) electrons. The van der Waals surface area contributed by atoms with E-state index in [-0.39, 0.29) is 5.78 Å². The first kappa shape index (κ1) is 19.4. The number of benzene rings is 3. The third-order valence-corrected chi connectivity index (χ3v) is 6.31. The highest BCUT2D eigenvalue weighted by Gasteiger charge is 2.24. The number of hydrogen-bond donors (Lipinski definition) is 0. The van der Waals surface area contributed by atoms with E-state index in [2.05, 4.69) is 17.0 Å². The maximum absolute atomic E-state index is 12.8. The molecule has 1 saturated heterocycles. The van der Waals surface area contributed by atoms with E-state index in [0.29, 0.717) is 25.6 Å². The number of ether oxygens (including phenoxy) is 2. The summed E-state index contributed by atoms with van der Waals surface area (Å²) < 4.78 is 11.3. The lowest BCUT2D eigenvalue weighted by atomic mass is 9.99. The van der Waals surface area contributed by atoms with Gasteiger partial charge in [-0.3, -0.25) is 4.79 Å². The minimum atomic E-state index is 0.179. The fourth-order valence-corrected chi connectivity index (χ4v) is 4.63. The van der Waals surface area contributed by atoms with E-state index in [0.717, 1.165) is 58.9 Å². The maximum atomic E-state index is 12.8. The molecule has 4 nitrogen and oxygen atoms in total. The molecule has 5 rings (SSSR count). The summed E-state index contributed by atoms with van der Waals surface area (Å²) >= 11 is 6.14. The van der Waals surface area contributed by atoms with Gasteiger partial charge in [0, 0.05) is 30.1 Å². The molecular weight excluding hydrogens is 398 g/mol. The second kappa shape index (κ2) is 8.29. The van der Waals surface area contributed by atoms with Gasteiger partial charge in [-0.15, -0.1) is 0 Å². The van der Waals surface area contributed by atoms with Crippen molar-refractivity contribution in [2.45, 2.75) is 18.8 Å². The number of fused-ring (bicyclic) bond motifs is 2. The van der Waals surface area contributed by atoms with Crippen LogP contribution in [0.3, 0.4) is 0 Å². The van der Waals surface area contributed by atoms with Crippen LogP contribution in [0, 0.1) is 0 Å². The zero-order valence-corrected chi connectivity index (χ0v) is 17.5. The molecule has 0 aromatic heterocycles. The van der Waals surface area contributed by atoms with Gasteiger partial charge in [-0.05, 0) is 65.6 Å². The molecule has 30 heavy (non-hydrogen) atoms. The first-order chi connectivity index (χ1) is 14.7. The van der Waals surface area contributed by atoms with Gasteiger partial charge in [-0.25, -0.2) is 0 Å². The number of ketones is 1. The van der Waals surface area contributed by atoms with Gasteiger partial charge in [0.05, 0.1) is 0 Å². The maximum Gasteiger partial charge on any atom is 0.164 e. The zero-order valence-electron chi connectivity index (χ0n) is 16.8. The molecule has 0 saturated carbocycles. The predicted octanol–water partition coefficient (Wildman–Crippen LogP) is 5.33. The van der Waals surface area contributed by atoms with E-state index < -0.39 is 0 Å². The van der Waals surface area contributed by atoms with Crippen LogP contribution in [0.2, 0.25) is 5.02 Å². The van der Waals surface area contributed by atoms with Crippen LogP contribution in [0.15, 0.2) is 54.6 Å². The van der Waals surface area contributed by atoms with Crippen LogP contribution in [0.25, 0.3) is 10.8 Å². The van der Waals surface area contributed by atoms with Crippen molar-refractivity contribution in [3.63, 3.8) is 0 Å². The summed E-state index contributed by atoms with van der Waals surface area (Å²) in [5.74, 6) is 2.20. The van der Waals surface area contributed by atoms with E-state index >= 15 is 0 Å². The van der Waals surface area contributed by atoms with Crippen LogP contribution in [-0.4, -0.2) is 43.5 Å². The van der Waals surface area contributed by atoms with Crippen molar-refractivity contribution in [3.8, 4) is 11.5 Å². The highest BCUT2D eigenvalue weighted by molar-refractivity contribution is 6.30. The molecule has 1 atom stereocenters. The summed E-state index contributed by atoms with van der Waals surface area (Å²) in [6.45, 7) is 3.92. The van der Waals surface area contributed by atoms with Crippen LogP contribution in [0.1, 0.15) is 34.7 Å². The summed E-state index contributed by atoms with van der Waals surface area (Å²) in [7, 11) is 0. The Morgan fingerprint density at radius 1 is 1.00 bits per heavy atom. The molecule has 1 fully saturated rings. The Hall–Kier alpha value is -2.56. The monoisotopic (exact) mass is 421 g/mol. The number of hydrogen-bond acceptors (Lipinski definition) is 4. The summed E-state index contributed by atoms with van der Waals surface area (Å²) in [5, 5.41) is 2.85. The molecular formula is C25H24ClNO3. The van der Waals surface area contributed by atoms with E-state index in [1.54, 1.807) is 0 Å². The molecule has 0 spiro atoms. The largest absolute Gasteiger partial charge is 0.486 e. The number of carbonyl (C=O) groups is 1. The Labute approximate surface area is 181 Å². The molecule has 1 unspecified atom stereocenters. The number of likely N-dealkylation sites (tertiary alicyclic amines) is 1. The van der Waals surface area contributed by atoms with E-state index in [4.69, 9.17) is 21.1 Å². The molecule has 0 aliphatic carbocycles. The molecule has 2 aliphatic rings. The number of carbonyl (C=O) groups excluding carboxylic acids is 1. The Kier molecular flexibility index (Phi) is 5.36. The summed E-state index contributed by atoms with van der Waals surface area (Å²) in [6.07, 6.45) is 1.63. The fourth-order valence-electron chi connectivity index (χ4n) is 4.43. The Morgan fingerprint density at radius 3 is 2.60 bits per heavy atom. The van der Waals surface area contributed by atoms with Gasteiger partial charge in [0.25, 0.3) is 0 Å². The van der Waals surface area contributed by atoms with Crippen molar-refractivity contribution in [2.75, 3.05) is 32.8 Å². The van der Waals surface area contributed by atoms with Crippen LogP contribution in [0.5, 0.6) is 11.5 Å². The lowest BCUT2D eigenvalue weighted by molar-refractivity contribution is 0.0969. The Morgan fingerprint density at radius 2 is 1.80 bits per heavy atom. The zero-order chi connectivity index (χ0) is 20.5. The first-order valence-electron chi connectivity index (χ1n) is 10.5. The third-order valence-electron chi connectivity index (χ3n) is 6.07.